The Hall–Kier alpha value is -0.450. The molecule has 2 rings (SSSR count). The van der Waals surface area contributed by atoms with E-state index in [-0.39, 0.29) is 0 Å². The summed E-state index contributed by atoms with van der Waals surface area (Å²) in [5, 5.41) is 3.43. The molecule has 3 nitrogen and oxygen atoms in total. The summed E-state index contributed by atoms with van der Waals surface area (Å²) in [6.45, 7) is 4.96. The number of nitrogens with one attached hydrogen (secondary N) is 1. The predicted molar refractivity (Wildman–Crippen MR) is 66.0 cm³/mol. The van der Waals surface area contributed by atoms with E-state index in [1.807, 2.05) is 24.8 Å². The van der Waals surface area contributed by atoms with Crippen LogP contribution in [-0.2, 0) is 4.74 Å². The van der Waals surface area contributed by atoms with Crippen molar-refractivity contribution < 1.29 is 9.15 Å². The van der Waals surface area contributed by atoms with Gasteiger partial charge in [0.25, 0.3) is 0 Å². The van der Waals surface area contributed by atoms with E-state index in [1.165, 1.54) is 17.7 Å². The Balaban J connectivity index is 1.53. The SMILES string of the molecule is Cc1occc1SCCNCC1CCCO1. The number of aryl methyl sites for hydroxylation is 1. The number of ether oxygens (including phenoxy) is 1. The van der Waals surface area contributed by atoms with Gasteiger partial charge >= 0.3 is 0 Å². The number of thioether (sulfide) groups is 1. The topological polar surface area (TPSA) is 34.4 Å². The maximum Gasteiger partial charge on any atom is 0.114 e. The van der Waals surface area contributed by atoms with Crippen molar-refractivity contribution in [2.75, 3.05) is 25.4 Å². The molecule has 1 aromatic heterocycles. The highest BCUT2D eigenvalue weighted by Crippen LogP contribution is 2.22. The fourth-order valence-electron chi connectivity index (χ4n) is 1.82. The summed E-state index contributed by atoms with van der Waals surface area (Å²) < 4.78 is 10.8. The van der Waals surface area contributed by atoms with Gasteiger partial charge in [0.2, 0.25) is 0 Å². The Bertz CT molecular complexity index is 308. The summed E-state index contributed by atoms with van der Waals surface area (Å²) in [7, 11) is 0. The number of rotatable bonds is 6. The molecule has 1 fully saturated rings. The first-order chi connectivity index (χ1) is 7.86. The van der Waals surface area contributed by atoms with Crippen molar-refractivity contribution in [3.8, 4) is 0 Å². The zero-order valence-electron chi connectivity index (χ0n) is 9.70. The first kappa shape index (κ1) is 12.0. The lowest BCUT2D eigenvalue weighted by molar-refractivity contribution is 0.110. The molecule has 1 N–H and O–H groups in total. The van der Waals surface area contributed by atoms with Crippen LogP contribution in [0.2, 0.25) is 0 Å². The molecular weight excluding hydrogens is 222 g/mol. The Morgan fingerprint density at radius 1 is 1.56 bits per heavy atom. The van der Waals surface area contributed by atoms with Gasteiger partial charge in [-0.2, -0.15) is 0 Å². The minimum absolute atomic E-state index is 0.445. The second-order valence-corrected chi connectivity index (χ2v) is 5.17. The van der Waals surface area contributed by atoms with Gasteiger partial charge < -0.3 is 14.5 Å². The van der Waals surface area contributed by atoms with Crippen LogP contribution >= 0.6 is 11.8 Å². The summed E-state index contributed by atoms with van der Waals surface area (Å²) in [5.74, 6) is 2.09. The van der Waals surface area contributed by atoms with E-state index < -0.39 is 0 Å². The van der Waals surface area contributed by atoms with Crippen molar-refractivity contribution in [3.63, 3.8) is 0 Å². The molecule has 1 aromatic rings. The quantitative estimate of drug-likeness (QED) is 0.613. The Morgan fingerprint density at radius 2 is 2.50 bits per heavy atom. The summed E-state index contributed by atoms with van der Waals surface area (Å²) in [6.07, 6.45) is 4.62. The summed E-state index contributed by atoms with van der Waals surface area (Å²) >= 11 is 1.84. The van der Waals surface area contributed by atoms with E-state index in [2.05, 4.69) is 5.32 Å². The molecule has 1 unspecified atom stereocenters. The van der Waals surface area contributed by atoms with Gasteiger partial charge in [-0.05, 0) is 25.8 Å². The molecule has 0 saturated carbocycles. The van der Waals surface area contributed by atoms with E-state index in [0.717, 1.165) is 31.2 Å². The molecule has 1 atom stereocenters. The Labute approximate surface area is 101 Å². The summed E-state index contributed by atoms with van der Waals surface area (Å²) in [6, 6.07) is 2.03. The largest absolute Gasteiger partial charge is 0.468 e. The van der Waals surface area contributed by atoms with E-state index in [0.29, 0.717) is 6.10 Å². The molecule has 0 spiro atoms. The molecule has 0 amide bonds. The minimum Gasteiger partial charge on any atom is -0.468 e. The van der Waals surface area contributed by atoms with E-state index in [1.54, 1.807) is 6.26 Å². The molecule has 1 aliphatic heterocycles. The fraction of sp³-hybridized carbons (Fsp3) is 0.667. The smallest absolute Gasteiger partial charge is 0.114 e. The molecule has 0 aliphatic carbocycles. The normalized spacial score (nSPS) is 20.4. The number of hydrogen-bond donors (Lipinski definition) is 1. The van der Waals surface area contributed by atoms with Gasteiger partial charge in [-0.1, -0.05) is 0 Å². The van der Waals surface area contributed by atoms with Crippen molar-refractivity contribution in [1.29, 1.82) is 0 Å². The van der Waals surface area contributed by atoms with Crippen molar-refractivity contribution >= 4 is 11.8 Å². The van der Waals surface area contributed by atoms with Gasteiger partial charge in [-0.3, -0.25) is 0 Å². The fourth-order valence-corrected chi connectivity index (χ4v) is 2.69. The lowest BCUT2D eigenvalue weighted by Crippen LogP contribution is -2.27. The molecule has 4 heteroatoms. The number of hydrogen-bond acceptors (Lipinski definition) is 4. The van der Waals surface area contributed by atoms with Crippen LogP contribution in [-0.4, -0.2) is 31.6 Å². The first-order valence-corrected chi connectivity index (χ1v) is 6.84. The van der Waals surface area contributed by atoms with E-state index >= 15 is 0 Å². The summed E-state index contributed by atoms with van der Waals surface area (Å²) in [5.41, 5.74) is 0. The molecule has 1 aliphatic rings. The standard InChI is InChI=1S/C12H19NO2S/c1-10-12(4-7-14-10)16-8-5-13-9-11-3-2-6-15-11/h4,7,11,13H,2-3,5-6,8-9H2,1H3. The third-order valence-corrected chi connectivity index (χ3v) is 3.89. The van der Waals surface area contributed by atoms with Gasteiger partial charge in [0.1, 0.15) is 5.76 Å². The predicted octanol–water partition coefficient (Wildman–Crippen LogP) is 2.45. The van der Waals surface area contributed by atoms with Gasteiger partial charge in [-0.25, -0.2) is 0 Å². The van der Waals surface area contributed by atoms with Crippen LogP contribution in [0.1, 0.15) is 18.6 Å². The van der Waals surface area contributed by atoms with Crippen molar-refractivity contribution in [3.05, 3.63) is 18.1 Å². The lowest BCUT2D eigenvalue weighted by Gasteiger charge is -2.10. The van der Waals surface area contributed by atoms with Gasteiger partial charge in [0.05, 0.1) is 12.4 Å². The van der Waals surface area contributed by atoms with Crippen LogP contribution in [0.15, 0.2) is 21.6 Å². The molecule has 90 valence electrons. The van der Waals surface area contributed by atoms with Crippen LogP contribution < -0.4 is 5.32 Å². The molecular formula is C12H19NO2S. The van der Waals surface area contributed by atoms with Crippen LogP contribution in [0.4, 0.5) is 0 Å². The zero-order chi connectivity index (χ0) is 11.2. The molecule has 0 radical (unpaired) electrons. The molecule has 2 heterocycles. The Kier molecular flexibility index (Phi) is 4.75. The van der Waals surface area contributed by atoms with Crippen molar-refractivity contribution in [2.45, 2.75) is 30.8 Å². The second-order valence-electron chi connectivity index (χ2n) is 4.03. The average molecular weight is 241 g/mol. The third kappa shape index (κ3) is 3.54. The highest BCUT2D eigenvalue weighted by Gasteiger charge is 2.14. The monoisotopic (exact) mass is 241 g/mol. The maximum absolute atomic E-state index is 5.54. The molecule has 1 saturated heterocycles. The van der Waals surface area contributed by atoms with E-state index in [4.69, 9.17) is 9.15 Å². The van der Waals surface area contributed by atoms with Crippen molar-refractivity contribution in [1.82, 2.24) is 5.32 Å². The maximum atomic E-state index is 5.54. The lowest BCUT2D eigenvalue weighted by atomic mass is 10.2. The third-order valence-electron chi connectivity index (χ3n) is 2.74. The van der Waals surface area contributed by atoms with Crippen LogP contribution in [0, 0.1) is 6.92 Å². The molecule has 16 heavy (non-hydrogen) atoms. The summed E-state index contributed by atoms with van der Waals surface area (Å²) in [4.78, 5) is 1.25. The molecule has 0 aromatic carbocycles. The van der Waals surface area contributed by atoms with Gasteiger partial charge in [0.15, 0.2) is 0 Å². The molecule has 0 bridgehead atoms. The minimum atomic E-state index is 0.445. The van der Waals surface area contributed by atoms with Crippen LogP contribution in [0.3, 0.4) is 0 Å². The van der Waals surface area contributed by atoms with E-state index in [9.17, 15) is 0 Å². The highest BCUT2D eigenvalue weighted by molar-refractivity contribution is 7.99. The highest BCUT2D eigenvalue weighted by atomic mass is 32.2. The number of furan rings is 1. The van der Waals surface area contributed by atoms with Crippen LogP contribution in [0.5, 0.6) is 0 Å². The Morgan fingerprint density at radius 3 is 3.19 bits per heavy atom. The zero-order valence-corrected chi connectivity index (χ0v) is 10.5. The first-order valence-electron chi connectivity index (χ1n) is 5.85. The van der Waals surface area contributed by atoms with Gasteiger partial charge in [0, 0.05) is 30.3 Å². The average Bonchev–Trinajstić information content (AvgIpc) is 2.90. The second kappa shape index (κ2) is 6.33. The van der Waals surface area contributed by atoms with Crippen molar-refractivity contribution in [2.24, 2.45) is 0 Å². The van der Waals surface area contributed by atoms with Gasteiger partial charge in [-0.15, -0.1) is 11.8 Å². The van der Waals surface area contributed by atoms with Crippen LogP contribution in [0.25, 0.3) is 0 Å².